The lowest BCUT2D eigenvalue weighted by atomic mass is 10.0. The van der Waals surface area contributed by atoms with Gasteiger partial charge in [-0.05, 0) is 73.0 Å². The Labute approximate surface area is 463 Å². The van der Waals surface area contributed by atoms with Crippen LogP contribution in [0.25, 0.3) is 0 Å². The molecule has 6 nitrogen and oxygen atoms in total. The Hall–Kier alpha value is -0.540. The van der Waals surface area contributed by atoms with E-state index in [0.29, 0.717) is 37.9 Å². The number of rotatable bonds is 63. The smallest absolute Gasteiger partial charge is 0.325 e. The van der Waals surface area contributed by atoms with Gasteiger partial charge in [-0.15, -0.1) is 15.0 Å². The van der Waals surface area contributed by atoms with Crippen LogP contribution in [0, 0.1) is 0 Å². The summed E-state index contributed by atoms with van der Waals surface area (Å²) in [6.07, 6.45) is 66.8. The van der Waals surface area contributed by atoms with Gasteiger partial charge in [0.05, 0.1) is 19.8 Å². The summed E-state index contributed by atoms with van der Waals surface area (Å²) in [6, 6.07) is 0.979. The van der Waals surface area contributed by atoms with Crippen molar-refractivity contribution in [3.8, 4) is 18.0 Å². The molecule has 0 unspecified atom stereocenters. The third-order valence-corrected chi connectivity index (χ3v) is 17.7. The Morgan fingerprint density at radius 3 is 0.542 bits per heavy atom. The highest BCUT2D eigenvalue weighted by atomic mass is 32.2. The summed E-state index contributed by atoms with van der Waals surface area (Å²) >= 11 is 6.16. The minimum Gasteiger partial charge on any atom is -0.463 e. The molecule has 1 aromatic rings. The molecule has 0 N–H and O–H groups in total. The molecule has 0 bridgehead atoms. The fourth-order valence-corrected chi connectivity index (χ4v) is 12.3. The van der Waals surface area contributed by atoms with E-state index >= 15 is 0 Å². The van der Waals surface area contributed by atoms with Gasteiger partial charge >= 0.3 is 18.0 Å². The summed E-state index contributed by atoms with van der Waals surface area (Å²) in [5.74, 6) is 7.04. The van der Waals surface area contributed by atoms with Gasteiger partial charge in [-0.2, -0.15) is 35.3 Å². The number of unbranched alkanes of at least 4 members (excludes halogenated alkanes) is 42. The molecule has 0 aliphatic heterocycles. The first-order chi connectivity index (χ1) is 35.8. The monoisotopic (exact) mass is 1070 g/mol. The van der Waals surface area contributed by atoms with Gasteiger partial charge in [0.25, 0.3) is 0 Å². The molecule has 0 aromatic carbocycles. The maximum absolute atomic E-state index is 6.07. The lowest BCUT2D eigenvalue weighted by molar-refractivity contribution is 0.236. The molecule has 0 saturated carbocycles. The van der Waals surface area contributed by atoms with Crippen molar-refractivity contribution in [3.63, 3.8) is 0 Å². The zero-order valence-corrected chi connectivity index (χ0v) is 51.0. The van der Waals surface area contributed by atoms with Crippen LogP contribution in [0.15, 0.2) is 0 Å². The molecule has 1 rings (SSSR count). The average Bonchev–Trinajstić information content (AvgIpc) is 3.39. The summed E-state index contributed by atoms with van der Waals surface area (Å²) in [5.41, 5.74) is 0. The third kappa shape index (κ3) is 54.3. The standard InChI is InChI=1S/C63H123N3O3S3/c1-4-7-10-13-16-19-22-25-28-31-34-37-40-43-46-55-70-58-49-52-67-61-64-62(68-53-50-59-71-56-47-44-41-38-35-32-29-26-23-20-17-14-11-8-5-2)66-63(65-61)69-54-51-60-72-57-48-45-42-39-36-33-30-27-24-21-18-15-12-9-6-3/h4-60H2,1-3H3. The van der Waals surface area contributed by atoms with Crippen LogP contribution >= 0.6 is 35.3 Å². The van der Waals surface area contributed by atoms with Crippen LogP contribution in [0.5, 0.6) is 18.0 Å². The maximum Gasteiger partial charge on any atom is 0.325 e. The Balaban J connectivity index is 2.23. The van der Waals surface area contributed by atoms with E-state index < -0.39 is 0 Å². The summed E-state index contributed by atoms with van der Waals surface area (Å²) < 4.78 is 18.2. The lowest BCUT2D eigenvalue weighted by Gasteiger charge is -2.10. The Morgan fingerprint density at radius 1 is 0.208 bits per heavy atom. The van der Waals surface area contributed by atoms with E-state index in [1.165, 1.54) is 306 Å². The molecule has 426 valence electrons. The molecule has 0 amide bonds. The highest BCUT2D eigenvalue weighted by molar-refractivity contribution is 7.99. The average molecular weight is 1070 g/mol. The normalized spacial score (nSPS) is 11.5. The van der Waals surface area contributed by atoms with Crippen molar-refractivity contribution in [1.82, 2.24) is 15.0 Å². The largest absolute Gasteiger partial charge is 0.463 e. The van der Waals surface area contributed by atoms with E-state index in [9.17, 15) is 0 Å². The molecule has 9 heteroatoms. The van der Waals surface area contributed by atoms with Gasteiger partial charge in [0.15, 0.2) is 0 Å². The topological polar surface area (TPSA) is 66.4 Å². The summed E-state index contributed by atoms with van der Waals surface area (Å²) in [5, 5.41) is 0. The Morgan fingerprint density at radius 2 is 0.361 bits per heavy atom. The van der Waals surface area contributed by atoms with E-state index in [1.54, 1.807) is 0 Å². The van der Waals surface area contributed by atoms with E-state index in [-0.39, 0.29) is 0 Å². The molecule has 0 saturated heterocycles. The zero-order chi connectivity index (χ0) is 51.4. The highest BCUT2D eigenvalue weighted by Crippen LogP contribution is 2.20. The number of aromatic nitrogens is 3. The van der Waals surface area contributed by atoms with Crippen molar-refractivity contribution < 1.29 is 14.2 Å². The van der Waals surface area contributed by atoms with Crippen molar-refractivity contribution in [1.29, 1.82) is 0 Å². The molecule has 72 heavy (non-hydrogen) atoms. The predicted octanol–water partition coefficient (Wildman–Crippen LogP) is 22.0. The molecular weight excluding hydrogens is 943 g/mol. The molecule has 0 radical (unpaired) electrons. The number of hydrogen-bond acceptors (Lipinski definition) is 9. The van der Waals surface area contributed by atoms with Crippen LogP contribution in [-0.4, -0.2) is 69.3 Å². The fraction of sp³-hybridized carbons (Fsp3) is 0.952. The number of hydrogen-bond donors (Lipinski definition) is 0. The van der Waals surface area contributed by atoms with Crippen molar-refractivity contribution in [2.45, 2.75) is 329 Å². The second-order valence-corrected chi connectivity index (χ2v) is 25.1. The Bertz CT molecular complexity index is 1020. The maximum atomic E-state index is 6.07. The van der Waals surface area contributed by atoms with E-state index in [2.05, 4.69) is 71.0 Å². The molecule has 0 aliphatic rings. The second kappa shape index (κ2) is 61.3. The van der Waals surface area contributed by atoms with Crippen LogP contribution in [-0.2, 0) is 0 Å². The summed E-state index contributed by atoms with van der Waals surface area (Å²) in [4.78, 5) is 13.6. The minimum atomic E-state index is 0.326. The van der Waals surface area contributed by atoms with Crippen molar-refractivity contribution >= 4 is 35.3 Å². The molecule has 0 aliphatic carbocycles. The molecule has 0 spiro atoms. The molecule has 1 heterocycles. The summed E-state index contributed by atoms with van der Waals surface area (Å²) in [6.45, 7) is 8.70. The highest BCUT2D eigenvalue weighted by Gasteiger charge is 2.11. The van der Waals surface area contributed by atoms with Crippen LogP contribution in [0.1, 0.15) is 329 Å². The van der Waals surface area contributed by atoms with E-state index in [4.69, 9.17) is 14.2 Å². The molecular formula is C63H123N3O3S3. The first-order valence-corrected chi connectivity index (χ1v) is 35.6. The minimum absolute atomic E-state index is 0.326. The SMILES string of the molecule is CCCCCCCCCCCCCCCCCSCCCOc1nc(OCCCSCCCCCCCCCCCCCCCCC)nc(OCCCSCCCCCCCCCCCCCCCCC)n1. The van der Waals surface area contributed by atoms with Crippen LogP contribution in [0.3, 0.4) is 0 Å². The second-order valence-electron chi connectivity index (χ2n) is 21.5. The van der Waals surface area contributed by atoms with Gasteiger partial charge in [-0.3, -0.25) is 0 Å². The molecule has 0 fully saturated rings. The predicted molar refractivity (Wildman–Crippen MR) is 327 cm³/mol. The van der Waals surface area contributed by atoms with Crippen LogP contribution in [0.2, 0.25) is 0 Å². The van der Waals surface area contributed by atoms with Gasteiger partial charge in [-0.1, -0.05) is 290 Å². The third-order valence-electron chi connectivity index (χ3n) is 14.2. The fourth-order valence-electron chi connectivity index (χ4n) is 9.52. The Kier molecular flexibility index (Phi) is 59.2. The van der Waals surface area contributed by atoms with Gasteiger partial charge < -0.3 is 14.2 Å². The van der Waals surface area contributed by atoms with Crippen LogP contribution < -0.4 is 14.2 Å². The first kappa shape index (κ1) is 69.5. The van der Waals surface area contributed by atoms with Gasteiger partial charge in [0.1, 0.15) is 0 Å². The number of ether oxygens (including phenoxy) is 3. The molecule has 0 atom stereocenters. The van der Waals surface area contributed by atoms with Crippen molar-refractivity contribution in [2.24, 2.45) is 0 Å². The van der Waals surface area contributed by atoms with Gasteiger partial charge in [0, 0.05) is 0 Å². The first-order valence-electron chi connectivity index (χ1n) is 32.2. The summed E-state index contributed by atoms with van der Waals surface area (Å²) in [7, 11) is 0. The van der Waals surface area contributed by atoms with E-state index in [1.807, 2.05) is 0 Å². The molecule has 1 aromatic heterocycles. The quantitative estimate of drug-likeness (QED) is 0.0594. The number of nitrogens with zero attached hydrogens (tertiary/aromatic N) is 3. The lowest BCUT2D eigenvalue weighted by Crippen LogP contribution is -2.10. The van der Waals surface area contributed by atoms with Gasteiger partial charge in [-0.25, -0.2) is 0 Å². The number of thioether (sulfide) groups is 3. The zero-order valence-electron chi connectivity index (χ0n) is 48.6. The van der Waals surface area contributed by atoms with E-state index in [0.717, 1.165) is 36.5 Å². The van der Waals surface area contributed by atoms with Crippen LogP contribution in [0.4, 0.5) is 0 Å². The van der Waals surface area contributed by atoms with Crippen molar-refractivity contribution in [3.05, 3.63) is 0 Å². The van der Waals surface area contributed by atoms with Crippen molar-refractivity contribution in [2.75, 3.05) is 54.3 Å². The van der Waals surface area contributed by atoms with Gasteiger partial charge in [0.2, 0.25) is 0 Å².